The predicted octanol–water partition coefficient (Wildman–Crippen LogP) is 6.71. The van der Waals surface area contributed by atoms with Crippen LogP contribution in [0.2, 0.25) is 0 Å². The topological polar surface area (TPSA) is 95.2 Å². The Labute approximate surface area is 222 Å². The quantitative estimate of drug-likeness (QED) is 0.216. The van der Waals surface area contributed by atoms with Crippen molar-refractivity contribution >= 4 is 33.4 Å². The molecule has 1 fully saturated rings. The maximum Gasteiger partial charge on any atom is 0.178 e. The summed E-state index contributed by atoms with van der Waals surface area (Å²) in [5, 5.41) is 15.6. The summed E-state index contributed by atoms with van der Waals surface area (Å²) in [7, 11) is 0. The van der Waals surface area contributed by atoms with Crippen LogP contribution in [-0.4, -0.2) is 36.7 Å². The zero-order chi connectivity index (χ0) is 25.5. The van der Waals surface area contributed by atoms with Gasteiger partial charge in [0.15, 0.2) is 17.3 Å². The SMILES string of the molecule is Fc1cc(-c2cncc(CNCC3CCCC3)c2)cc2c(-c3nc4nccc(-c5ccsc5)c4[nH]3)[nH]nc12. The van der Waals surface area contributed by atoms with Gasteiger partial charge in [0.2, 0.25) is 0 Å². The van der Waals surface area contributed by atoms with Gasteiger partial charge in [-0.2, -0.15) is 16.4 Å². The normalized spacial score (nSPS) is 14.2. The van der Waals surface area contributed by atoms with E-state index in [0.29, 0.717) is 22.6 Å². The third-order valence-electron chi connectivity index (χ3n) is 7.44. The first kappa shape index (κ1) is 23.2. The molecule has 5 aromatic heterocycles. The van der Waals surface area contributed by atoms with Gasteiger partial charge in [0.05, 0.1) is 5.52 Å². The smallest absolute Gasteiger partial charge is 0.178 e. The van der Waals surface area contributed by atoms with Crippen LogP contribution in [0.4, 0.5) is 4.39 Å². The minimum absolute atomic E-state index is 0.276. The third-order valence-corrected chi connectivity index (χ3v) is 8.12. The molecule has 0 radical (unpaired) electrons. The van der Waals surface area contributed by atoms with Gasteiger partial charge >= 0.3 is 0 Å². The van der Waals surface area contributed by atoms with E-state index in [9.17, 15) is 0 Å². The Hall–Kier alpha value is -3.95. The van der Waals surface area contributed by atoms with Gasteiger partial charge in [-0.3, -0.25) is 10.1 Å². The summed E-state index contributed by atoms with van der Waals surface area (Å²) in [5.41, 5.74) is 7.15. The summed E-state index contributed by atoms with van der Waals surface area (Å²) < 4.78 is 15.2. The van der Waals surface area contributed by atoms with Gasteiger partial charge in [0, 0.05) is 41.6 Å². The lowest BCUT2D eigenvalue weighted by molar-refractivity contribution is 0.489. The zero-order valence-corrected chi connectivity index (χ0v) is 21.5. The maximum atomic E-state index is 15.2. The lowest BCUT2D eigenvalue weighted by Gasteiger charge is -2.11. The van der Waals surface area contributed by atoms with Crippen LogP contribution >= 0.6 is 11.3 Å². The first-order valence-corrected chi connectivity index (χ1v) is 13.9. The molecule has 0 bridgehead atoms. The molecule has 1 aliphatic carbocycles. The fraction of sp³-hybridized carbons (Fsp3) is 0.241. The molecular formula is C29H26FN7S. The molecule has 0 saturated heterocycles. The Kier molecular flexibility index (Phi) is 5.94. The van der Waals surface area contributed by atoms with Crippen molar-refractivity contribution in [2.75, 3.05) is 6.54 Å². The second-order valence-electron chi connectivity index (χ2n) is 9.97. The lowest BCUT2D eigenvalue weighted by atomic mass is 10.0. The van der Waals surface area contributed by atoms with E-state index in [1.807, 2.05) is 23.7 Å². The van der Waals surface area contributed by atoms with Crippen molar-refractivity contribution in [1.29, 1.82) is 0 Å². The van der Waals surface area contributed by atoms with Crippen LogP contribution < -0.4 is 5.32 Å². The van der Waals surface area contributed by atoms with E-state index in [4.69, 9.17) is 4.98 Å². The molecule has 0 amide bonds. The van der Waals surface area contributed by atoms with Crippen molar-refractivity contribution in [2.45, 2.75) is 32.2 Å². The monoisotopic (exact) mass is 523 g/mol. The second kappa shape index (κ2) is 9.74. The number of hydrogen-bond acceptors (Lipinski definition) is 6. The van der Waals surface area contributed by atoms with Crippen LogP contribution in [0.3, 0.4) is 0 Å². The molecule has 190 valence electrons. The number of aromatic nitrogens is 6. The van der Waals surface area contributed by atoms with Crippen molar-refractivity contribution in [3.05, 3.63) is 71.1 Å². The van der Waals surface area contributed by atoms with E-state index in [0.717, 1.165) is 52.3 Å². The molecule has 0 spiro atoms. The Morgan fingerprint density at radius 1 is 1.05 bits per heavy atom. The lowest BCUT2D eigenvalue weighted by Crippen LogP contribution is -2.20. The summed E-state index contributed by atoms with van der Waals surface area (Å²) >= 11 is 1.64. The highest BCUT2D eigenvalue weighted by Crippen LogP contribution is 2.34. The predicted molar refractivity (Wildman–Crippen MR) is 149 cm³/mol. The van der Waals surface area contributed by atoms with E-state index >= 15 is 4.39 Å². The van der Waals surface area contributed by atoms with E-state index in [-0.39, 0.29) is 5.52 Å². The molecule has 9 heteroatoms. The fourth-order valence-electron chi connectivity index (χ4n) is 5.49. The number of fused-ring (bicyclic) bond motifs is 2. The summed E-state index contributed by atoms with van der Waals surface area (Å²) in [6.45, 7) is 1.78. The molecular weight excluding hydrogens is 497 g/mol. The Balaban J connectivity index is 1.23. The molecule has 7 nitrogen and oxygen atoms in total. The number of hydrogen-bond donors (Lipinski definition) is 3. The molecule has 0 aliphatic heterocycles. The fourth-order valence-corrected chi connectivity index (χ4v) is 6.14. The number of pyridine rings is 2. The molecule has 0 unspecified atom stereocenters. The van der Waals surface area contributed by atoms with Crippen LogP contribution in [0, 0.1) is 11.7 Å². The number of halogens is 1. The molecule has 7 rings (SSSR count). The highest BCUT2D eigenvalue weighted by atomic mass is 32.1. The second-order valence-corrected chi connectivity index (χ2v) is 10.8. The largest absolute Gasteiger partial charge is 0.335 e. The van der Waals surface area contributed by atoms with Gasteiger partial charge in [-0.15, -0.1) is 0 Å². The van der Waals surface area contributed by atoms with Gasteiger partial charge in [0.1, 0.15) is 11.2 Å². The van der Waals surface area contributed by atoms with Crippen molar-refractivity contribution in [3.63, 3.8) is 0 Å². The van der Waals surface area contributed by atoms with Gasteiger partial charge in [0.25, 0.3) is 0 Å². The van der Waals surface area contributed by atoms with Gasteiger partial charge < -0.3 is 10.3 Å². The van der Waals surface area contributed by atoms with Crippen LogP contribution in [0.25, 0.3) is 55.8 Å². The third kappa shape index (κ3) is 4.27. The van der Waals surface area contributed by atoms with Crippen LogP contribution in [0.5, 0.6) is 0 Å². The number of rotatable bonds is 7. The summed E-state index contributed by atoms with van der Waals surface area (Å²) in [5.74, 6) is 0.951. The van der Waals surface area contributed by atoms with Gasteiger partial charge in [-0.25, -0.2) is 14.4 Å². The van der Waals surface area contributed by atoms with Crippen LogP contribution in [0.1, 0.15) is 31.2 Å². The summed E-state index contributed by atoms with van der Waals surface area (Å²) in [6, 6.07) is 9.59. The molecule has 1 aliphatic rings. The van der Waals surface area contributed by atoms with Crippen LogP contribution in [0.15, 0.2) is 59.7 Å². The molecule has 38 heavy (non-hydrogen) atoms. The number of aromatic amines is 2. The Bertz CT molecular complexity index is 1730. The highest BCUT2D eigenvalue weighted by Gasteiger charge is 2.19. The zero-order valence-electron chi connectivity index (χ0n) is 20.7. The van der Waals surface area contributed by atoms with Crippen molar-refractivity contribution < 1.29 is 4.39 Å². The van der Waals surface area contributed by atoms with Crippen molar-refractivity contribution in [2.24, 2.45) is 5.92 Å². The average molecular weight is 524 g/mol. The number of H-pyrrole nitrogens is 2. The minimum atomic E-state index is -0.391. The van der Waals surface area contributed by atoms with E-state index in [1.54, 1.807) is 23.7 Å². The minimum Gasteiger partial charge on any atom is -0.335 e. The number of nitrogens with one attached hydrogen (secondary N) is 3. The Morgan fingerprint density at radius 3 is 2.84 bits per heavy atom. The molecule has 3 N–H and O–H groups in total. The number of thiophene rings is 1. The molecule has 5 heterocycles. The van der Waals surface area contributed by atoms with Crippen LogP contribution in [-0.2, 0) is 6.54 Å². The van der Waals surface area contributed by atoms with E-state index in [2.05, 4.69) is 48.0 Å². The Morgan fingerprint density at radius 2 is 1.97 bits per heavy atom. The number of nitrogens with zero attached hydrogens (tertiary/aromatic N) is 4. The summed E-state index contributed by atoms with van der Waals surface area (Å²) in [4.78, 5) is 17.0. The van der Waals surface area contributed by atoms with E-state index < -0.39 is 5.82 Å². The molecule has 1 aromatic carbocycles. The van der Waals surface area contributed by atoms with Crippen molar-refractivity contribution in [1.82, 2.24) is 35.5 Å². The maximum absolute atomic E-state index is 15.2. The van der Waals surface area contributed by atoms with Gasteiger partial charge in [-0.1, -0.05) is 12.8 Å². The number of benzene rings is 1. The van der Waals surface area contributed by atoms with E-state index in [1.165, 1.54) is 31.7 Å². The number of imidazole rings is 1. The summed E-state index contributed by atoms with van der Waals surface area (Å²) in [6.07, 6.45) is 10.7. The molecule has 0 atom stereocenters. The van der Waals surface area contributed by atoms with Gasteiger partial charge in [-0.05, 0) is 83.1 Å². The highest BCUT2D eigenvalue weighted by molar-refractivity contribution is 7.08. The molecule has 6 aromatic rings. The standard InChI is InChI=1S/C29H26FN7S/c30-24-11-20(21-9-18(14-32-15-21)13-31-12-17-3-1-2-4-17)10-23-25(24)36-37-27(23)29-34-26-22(19-6-8-38-16-19)5-7-33-28(26)35-29/h5-11,14-17,31H,1-4,12-13H2,(H,36,37)(H,33,34,35). The first-order chi connectivity index (χ1) is 18.7. The average Bonchev–Trinajstić information content (AvgIpc) is 3.75. The first-order valence-electron chi connectivity index (χ1n) is 12.9. The van der Waals surface area contributed by atoms with Crippen molar-refractivity contribution in [3.8, 4) is 33.8 Å². The molecule has 1 saturated carbocycles.